The van der Waals surface area contributed by atoms with Crippen molar-refractivity contribution in [2.45, 2.75) is 33.3 Å². The summed E-state index contributed by atoms with van der Waals surface area (Å²) in [6.07, 6.45) is 2.23. The molecule has 146 valence electrons. The molecule has 0 aliphatic rings. The third-order valence-corrected chi connectivity index (χ3v) is 4.01. The van der Waals surface area contributed by atoms with Crippen LogP contribution in [0.4, 0.5) is 10.5 Å². The number of oxazole rings is 1. The number of para-hydroxylation sites is 2. The standard InChI is InChI=1S/C22H25N3O3/c1-15(2)28-20-7-5-4-6-19(20)25-22(26)23-13-12-18-14-27-21(24-18)17-10-8-16(3)9-11-17/h4-11,14-15H,12-13H2,1-3H3,(H2,23,25,26). The van der Waals surface area contributed by atoms with Crippen molar-refractivity contribution in [3.05, 3.63) is 66.1 Å². The molecule has 0 aliphatic carbocycles. The third kappa shape index (κ3) is 5.36. The van der Waals surface area contributed by atoms with Crippen LogP contribution in [0.5, 0.6) is 5.75 Å². The first kappa shape index (κ1) is 19.5. The lowest BCUT2D eigenvalue weighted by atomic mass is 10.1. The van der Waals surface area contributed by atoms with Gasteiger partial charge in [0.1, 0.15) is 12.0 Å². The number of hydrogen-bond acceptors (Lipinski definition) is 4. The monoisotopic (exact) mass is 379 g/mol. The molecule has 2 N–H and O–H groups in total. The first-order chi connectivity index (χ1) is 13.5. The Morgan fingerprint density at radius 3 is 2.64 bits per heavy atom. The summed E-state index contributed by atoms with van der Waals surface area (Å²) in [6.45, 7) is 6.37. The van der Waals surface area contributed by atoms with Gasteiger partial charge in [0.05, 0.1) is 17.5 Å². The highest BCUT2D eigenvalue weighted by atomic mass is 16.5. The van der Waals surface area contributed by atoms with Crippen molar-refractivity contribution < 1.29 is 13.9 Å². The molecule has 6 nitrogen and oxygen atoms in total. The van der Waals surface area contributed by atoms with Gasteiger partial charge in [-0.2, -0.15) is 0 Å². The van der Waals surface area contributed by atoms with Gasteiger partial charge < -0.3 is 19.8 Å². The predicted molar refractivity (Wildman–Crippen MR) is 110 cm³/mol. The first-order valence-electron chi connectivity index (χ1n) is 9.33. The molecule has 3 aromatic rings. The maximum Gasteiger partial charge on any atom is 0.319 e. The van der Waals surface area contributed by atoms with Gasteiger partial charge in [-0.05, 0) is 45.0 Å². The molecule has 1 heterocycles. The van der Waals surface area contributed by atoms with Gasteiger partial charge in [0.15, 0.2) is 0 Å². The van der Waals surface area contributed by atoms with E-state index in [0.717, 1.165) is 11.3 Å². The van der Waals surface area contributed by atoms with E-state index >= 15 is 0 Å². The second kappa shape index (κ2) is 9.08. The zero-order valence-corrected chi connectivity index (χ0v) is 16.4. The van der Waals surface area contributed by atoms with Crippen molar-refractivity contribution in [1.29, 1.82) is 0 Å². The molecule has 0 saturated carbocycles. The highest BCUT2D eigenvalue weighted by molar-refractivity contribution is 5.90. The van der Waals surface area contributed by atoms with Gasteiger partial charge in [-0.3, -0.25) is 0 Å². The summed E-state index contributed by atoms with van der Waals surface area (Å²) >= 11 is 0. The fourth-order valence-electron chi connectivity index (χ4n) is 2.65. The molecule has 0 fully saturated rings. The number of rotatable bonds is 7. The molecular weight excluding hydrogens is 354 g/mol. The minimum Gasteiger partial charge on any atom is -0.489 e. The van der Waals surface area contributed by atoms with E-state index in [2.05, 4.69) is 15.6 Å². The van der Waals surface area contributed by atoms with Gasteiger partial charge >= 0.3 is 6.03 Å². The van der Waals surface area contributed by atoms with Gasteiger partial charge in [-0.1, -0.05) is 29.8 Å². The van der Waals surface area contributed by atoms with Crippen molar-refractivity contribution in [3.63, 3.8) is 0 Å². The normalized spacial score (nSPS) is 10.7. The Bertz CT molecular complexity index is 917. The van der Waals surface area contributed by atoms with Gasteiger partial charge in [-0.25, -0.2) is 9.78 Å². The molecular formula is C22H25N3O3. The van der Waals surface area contributed by atoms with E-state index in [1.807, 2.05) is 69.3 Å². The van der Waals surface area contributed by atoms with Gasteiger partial charge in [0.2, 0.25) is 5.89 Å². The number of ether oxygens (including phenoxy) is 1. The van der Waals surface area contributed by atoms with E-state index < -0.39 is 0 Å². The Labute approximate surface area is 164 Å². The zero-order valence-electron chi connectivity index (χ0n) is 16.4. The quantitative estimate of drug-likeness (QED) is 0.618. The summed E-state index contributed by atoms with van der Waals surface area (Å²) < 4.78 is 11.2. The number of carbonyl (C=O) groups excluding carboxylic acids is 1. The highest BCUT2D eigenvalue weighted by Gasteiger charge is 2.10. The molecule has 6 heteroatoms. The molecule has 0 aliphatic heterocycles. The molecule has 1 aromatic heterocycles. The Kier molecular flexibility index (Phi) is 6.32. The Balaban J connectivity index is 1.50. The van der Waals surface area contributed by atoms with Crippen LogP contribution >= 0.6 is 0 Å². The van der Waals surface area contributed by atoms with Crippen LogP contribution in [0.15, 0.2) is 59.2 Å². The lowest BCUT2D eigenvalue weighted by molar-refractivity contribution is 0.241. The number of benzene rings is 2. The second-order valence-electron chi connectivity index (χ2n) is 6.80. The number of hydrogen-bond donors (Lipinski definition) is 2. The van der Waals surface area contributed by atoms with E-state index in [-0.39, 0.29) is 12.1 Å². The fraction of sp³-hybridized carbons (Fsp3) is 0.273. The second-order valence-corrected chi connectivity index (χ2v) is 6.80. The van der Waals surface area contributed by atoms with Crippen molar-refractivity contribution in [3.8, 4) is 17.2 Å². The largest absolute Gasteiger partial charge is 0.489 e. The van der Waals surface area contributed by atoms with E-state index in [0.29, 0.717) is 30.3 Å². The van der Waals surface area contributed by atoms with Crippen LogP contribution in [0.3, 0.4) is 0 Å². The van der Waals surface area contributed by atoms with E-state index in [1.165, 1.54) is 5.56 Å². The number of nitrogens with zero attached hydrogens (tertiary/aromatic N) is 1. The SMILES string of the molecule is Cc1ccc(-c2nc(CCNC(=O)Nc3ccccc3OC(C)C)co2)cc1. The number of amides is 2. The number of aromatic nitrogens is 1. The van der Waals surface area contributed by atoms with Crippen LogP contribution in [0.25, 0.3) is 11.5 Å². The summed E-state index contributed by atoms with van der Waals surface area (Å²) in [7, 11) is 0. The summed E-state index contributed by atoms with van der Waals surface area (Å²) in [6, 6.07) is 15.1. The predicted octanol–water partition coefficient (Wildman–Crippen LogP) is 4.80. The molecule has 0 saturated heterocycles. The minimum atomic E-state index is -0.290. The fourth-order valence-corrected chi connectivity index (χ4v) is 2.65. The Hall–Kier alpha value is -3.28. The Morgan fingerprint density at radius 2 is 1.89 bits per heavy atom. The molecule has 3 rings (SSSR count). The van der Waals surface area contributed by atoms with Crippen LogP contribution in [-0.2, 0) is 6.42 Å². The summed E-state index contributed by atoms with van der Waals surface area (Å²) in [5.41, 5.74) is 3.55. The number of aryl methyl sites for hydroxylation is 1. The maximum atomic E-state index is 12.2. The summed E-state index contributed by atoms with van der Waals surface area (Å²) in [4.78, 5) is 16.7. The van der Waals surface area contributed by atoms with Crippen LogP contribution in [0.2, 0.25) is 0 Å². The summed E-state index contributed by atoms with van der Waals surface area (Å²) in [5.74, 6) is 1.23. The molecule has 2 aromatic carbocycles. The molecule has 2 amide bonds. The Morgan fingerprint density at radius 1 is 1.14 bits per heavy atom. The van der Waals surface area contributed by atoms with Crippen molar-refractivity contribution in [1.82, 2.24) is 10.3 Å². The van der Waals surface area contributed by atoms with Crippen LogP contribution in [0.1, 0.15) is 25.1 Å². The van der Waals surface area contributed by atoms with E-state index in [9.17, 15) is 4.79 Å². The minimum absolute atomic E-state index is 0.0286. The van der Waals surface area contributed by atoms with Crippen LogP contribution in [0, 0.1) is 6.92 Å². The highest BCUT2D eigenvalue weighted by Crippen LogP contribution is 2.24. The van der Waals surface area contributed by atoms with Gasteiger partial charge in [0.25, 0.3) is 0 Å². The van der Waals surface area contributed by atoms with Crippen molar-refractivity contribution in [2.24, 2.45) is 0 Å². The van der Waals surface area contributed by atoms with Crippen molar-refractivity contribution >= 4 is 11.7 Å². The smallest absolute Gasteiger partial charge is 0.319 e. The van der Waals surface area contributed by atoms with E-state index in [4.69, 9.17) is 9.15 Å². The third-order valence-electron chi connectivity index (χ3n) is 4.01. The molecule has 28 heavy (non-hydrogen) atoms. The molecule has 0 spiro atoms. The lowest BCUT2D eigenvalue weighted by Gasteiger charge is -2.15. The molecule has 0 atom stereocenters. The molecule has 0 unspecified atom stereocenters. The number of urea groups is 1. The average molecular weight is 379 g/mol. The number of carbonyl (C=O) groups is 1. The van der Waals surface area contributed by atoms with Crippen LogP contribution < -0.4 is 15.4 Å². The first-order valence-corrected chi connectivity index (χ1v) is 9.33. The number of nitrogens with one attached hydrogen (secondary N) is 2. The molecule has 0 bridgehead atoms. The zero-order chi connectivity index (χ0) is 19.9. The lowest BCUT2D eigenvalue weighted by Crippen LogP contribution is -2.30. The summed E-state index contributed by atoms with van der Waals surface area (Å²) in [5, 5.41) is 5.65. The molecule has 0 radical (unpaired) electrons. The average Bonchev–Trinajstić information content (AvgIpc) is 3.12. The van der Waals surface area contributed by atoms with Crippen molar-refractivity contribution in [2.75, 3.05) is 11.9 Å². The van der Waals surface area contributed by atoms with E-state index in [1.54, 1.807) is 6.26 Å². The van der Waals surface area contributed by atoms with Crippen LogP contribution in [-0.4, -0.2) is 23.7 Å². The number of anilines is 1. The van der Waals surface area contributed by atoms with Gasteiger partial charge in [0, 0.05) is 18.5 Å². The topological polar surface area (TPSA) is 76.4 Å². The van der Waals surface area contributed by atoms with Gasteiger partial charge in [-0.15, -0.1) is 0 Å². The maximum absolute atomic E-state index is 12.2.